The Hall–Kier alpha value is -3.49. The summed E-state index contributed by atoms with van der Waals surface area (Å²) < 4.78 is 28.3. The molecule has 9 heteroatoms. The molecule has 0 fully saturated rings. The lowest BCUT2D eigenvalue weighted by atomic mass is 10.1. The van der Waals surface area contributed by atoms with E-state index in [1.165, 1.54) is 29.0 Å². The van der Waals surface area contributed by atoms with Crippen molar-refractivity contribution in [3.8, 4) is 0 Å². The van der Waals surface area contributed by atoms with Gasteiger partial charge in [0.1, 0.15) is 17.1 Å². The third-order valence-electron chi connectivity index (χ3n) is 5.57. The number of nitrogens with one attached hydrogen (secondary N) is 1. The van der Waals surface area contributed by atoms with Crippen molar-refractivity contribution in [2.75, 3.05) is 5.32 Å². The number of para-hydroxylation sites is 1. The first-order valence-corrected chi connectivity index (χ1v) is 12.3. The molecule has 0 saturated heterocycles. The molecule has 0 unspecified atom stereocenters. The Morgan fingerprint density at radius 3 is 2.47 bits per heavy atom. The van der Waals surface area contributed by atoms with Gasteiger partial charge in [0.15, 0.2) is 0 Å². The molecule has 1 amide bonds. The zero-order chi connectivity index (χ0) is 24.6. The second-order valence-corrected chi connectivity index (χ2v) is 10.4. The van der Waals surface area contributed by atoms with E-state index in [9.17, 15) is 18.0 Å². The van der Waals surface area contributed by atoms with Crippen LogP contribution in [0, 0.1) is 20.8 Å². The smallest absolute Gasteiger partial charge is 0.244 e. The van der Waals surface area contributed by atoms with Crippen molar-refractivity contribution < 1.29 is 13.2 Å². The Kier molecular flexibility index (Phi) is 6.29. The van der Waals surface area contributed by atoms with Crippen molar-refractivity contribution in [1.29, 1.82) is 0 Å². The van der Waals surface area contributed by atoms with Crippen LogP contribution in [-0.2, 0) is 21.2 Å². The van der Waals surface area contributed by atoms with Crippen molar-refractivity contribution in [3.63, 3.8) is 0 Å². The Labute approximate surface area is 202 Å². The SMILES string of the molecule is Cc1ccc2c(=O)c(S(=O)(=O)c3ccc(C)c(C)c3)cn(CC(=O)Nc3ccccc3Cl)c2n1. The lowest BCUT2D eigenvalue weighted by Gasteiger charge is -2.14. The molecular formula is C25H22ClN3O4S. The number of hydrogen-bond acceptors (Lipinski definition) is 5. The van der Waals surface area contributed by atoms with Gasteiger partial charge in [-0.1, -0.05) is 29.8 Å². The molecule has 2 aromatic heterocycles. The molecule has 34 heavy (non-hydrogen) atoms. The molecule has 0 aliphatic rings. The van der Waals surface area contributed by atoms with Crippen LogP contribution in [0.15, 0.2) is 75.4 Å². The number of rotatable bonds is 5. The highest BCUT2D eigenvalue weighted by Gasteiger charge is 2.25. The van der Waals surface area contributed by atoms with E-state index in [0.717, 1.165) is 11.1 Å². The maximum absolute atomic E-state index is 13.5. The fourth-order valence-electron chi connectivity index (χ4n) is 3.56. The van der Waals surface area contributed by atoms with Crippen molar-refractivity contribution in [2.24, 2.45) is 0 Å². The van der Waals surface area contributed by atoms with Crippen LogP contribution >= 0.6 is 11.6 Å². The molecule has 0 atom stereocenters. The summed E-state index contributed by atoms with van der Waals surface area (Å²) in [5.74, 6) is -0.448. The van der Waals surface area contributed by atoms with Crippen LogP contribution in [0.5, 0.6) is 0 Å². The van der Waals surface area contributed by atoms with Crippen LogP contribution in [0.4, 0.5) is 5.69 Å². The molecule has 7 nitrogen and oxygen atoms in total. The summed E-state index contributed by atoms with van der Waals surface area (Å²) in [5, 5.41) is 3.19. The second-order valence-electron chi connectivity index (χ2n) is 8.05. The molecule has 0 aliphatic carbocycles. The summed E-state index contributed by atoms with van der Waals surface area (Å²) in [5.41, 5.74) is 2.33. The number of hydrogen-bond donors (Lipinski definition) is 1. The van der Waals surface area contributed by atoms with E-state index in [2.05, 4.69) is 10.3 Å². The van der Waals surface area contributed by atoms with Gasteiger partial charge in [-0.05, 0) is 68.3 Å². The third kappa shape index (κ3) is 4.47. The van der Waals surface area contributed by atoms with Crippen molar-refractivity contribution in [1.82, 2.24) is 9.55 Å². The van der Waals surface area contributed by atoms with Gasteiger partial charge < -0.3 is 9.88 Å². The number of aromatic nitrogens is 2. The first-order chi connectivity index (χ1) is 16.1. The fraction of sp³-hybridized carbons (Fsp3) is 0.160. The number of carbonyl (C=O) groups is 1. The predicted molar refractivity (Wildman–Crippen MR) is 132 cm³/mol. The summed E-state index contributed by atoms with van der Waals surface area (Å²) >= 11 is 6.13. The van der Waals surface area contributed by atoms with Gasteiger partial charge in [-0.2, -0.15) is 0 Å². The van der Waals surface area contributed by atoms with Crippen LogP contribution in [0.1, 0.15) is 16.8 Å². The Balaban J connectivity index is 1.85. The van der Waals surface area contributed by atoms with Crippen molar-refractivity contribution in [3.05, 3.63) is 92.9 Å². The molecule has 2 heterocycles. The molecule has 0 saturated carbocycles. The number of nitrogens with zero attached hydrogens (tertiary/aromatic N) is 2. The van der Waals surface area contributed by atoms with Crippen LogP contribution in [0.2, 0.25) is 5.02 Å². The number of amides is 1. The lowest BCUT2D eigenvalue weighted by molar-refractivity contribution is -0.116. The Bertz CT molecular complexity index is 1610. The topological polar surface area (TPSA) is 98.1 Å². The van der Waals surface area contributed by atoms with Crippen LogP contribution in [0.25, 0.3) is 11.0 Å². The first kappa shape index (κ1) is 23.7. The molecule has 4 rings (SSSR count). The van der Waals surface area contributed by atoms with Gasteiger partial charge in [0, 0.05) is 11.9 Å². The van der Waals surface area contributed by atoms with Crippen molar-refractivity contribution in [2.45, 2.75) is 37.1 Å². The molecule has 174 valence electrons. The first-order valence-electron chi connectivity index (χ1n) is 10.5. The van der Waals surface area contributed by atoms with Gasteiger partial charge >= 0.3 is 0 Å². The number of aryl methyl sites for hydroxylation is 3. The maximum atomic E-state index is 13.5. The van der Waals surface area contributed by atoms with E-state index in [1.54, 1.807) is 50.2 Å². The summed E-state index contributed by atoms with van der Waals surface area (Å²) in [6.07, 6.45) is 1.19. The number of halogens is 1. The molecule has 0 bridgehead atoms. The van der Waals surface area contributed by atoms with Crippen LogP contribution in [0.3, 0.4) is 0 Å². The normalized spacial score (nSPS) is 11.5. The second kappa shape index (κ2) is 9.04. The number of pyridine rings is 2. The molecule has 1 N–H and O–H groups in total. The molecule has 0 spiro atoms. The quantitative estimate of drug-likeness (QED) is 0.441. The zero-order valence-electron chi connectivity index (χ0n) is 18.8. The number of fused-ring (bicyclic) bond motifs is 1. The Morgan fingerprint density at radius 2 is 1.76 bits per heavy atom. The highest BCUT2D eigenvalue weighted by molar-refractivity contribution is 7.91. The van der Waals surface area contributed by atoms with E-state index < -0.39 is 26.1 Å². The van der Waals surface area contributed by atoms with Crippen molar-refractivity contribution >= 4 is 44.1 Å². The highest BCUT2D eigenvalue weighted by Crippen LogP contribution is 2.24. The predicted octanol–water partition coefficient (Wildman–Crippen LogP) is 4.45. The summed E-state index contributed by atoms with van der Waals surface area (Å²) in [7, 11) is -4.15. The van der Waals surface area contributed by atoms with Gasteiger partial charge in [-0.25, -0.2) is 13.4 Å². The van der Waals surface area contributed by atoms with Gasteiger partial charge in [0.25, 0.3) is 0 Å². The molecule has 4 aromatic rings. The number of benzene rings is 2. The molecular weight excluding hydrogens is 474 g/mol. The minimum absolute atomic E-state index is 0.0131. The van der Waals surface area contributed by atoms with Gasteiger partial charge in [0.2, 0.25) is 21.2 Å². The minimum atomic E-state index is -4.15. The monoisotopic (exact) mass is 495 g/mol. The summed E-state index contributed by atoms with van der Waals surface area (Å²) in [4.78, 5) is 30.0. The summed E-state index contributed by atoms with van der Waals surface area (Å²) in [6.45, 7) is 5.16. The molecule has 2 aromatic carbocycles. The average molecular weight is 496 g/mol. The van der Waals surface area contributed by atoms with E-state index in [4.69, 9.17) is 11.6 Å². The van der Waals surface area contributed by atoms with Gasteiger partial charge in [-0.3, -0.25) is 9.59 Å². The Morgan fingerprint density at radius 1 is 1.03 bits per heavy atom. The van der Waals surface area contributed by atoms with Gasteiger partial charge in [-0.15, -0.1) is 0 Å². The van der Waals surface area contributed by atoms with E-state index >= 15 is 0 Å². The standard InChI is InChI=1S/C25H22ClN3O4S/c1-15-8-10-18(12-16(15)2)34(32,33)22-13-29(25-19(24(22)31)11-9-17(3)27-25)14-23(30)28-21-7-5-4-6-20(21)26/h4-13H,14H2,1-3H3,(H,28,30). The van der Waals surface area contributed by atoms with E-state index in [-0.39, 0.29) is 22.5 Å². The minimum Gasteiger partial charge on any atom is -0.323 e. The summed E-state index contributed by atoms with van der Waals surface area (Å²) in [6, 6.07) is 14.6. The molecule has 0 aliphatic heterocycles. The maximum Gasteiger partial charge on any atom is 0.244 e. The fourth-order valence-corrected chi connectivity index (χ4v) is 5.20. The number of sulfone groups is 1. The van der Waals surface area contributed by atoms with Crippen LogP contribution in [-0.4, -0.2) is 23.9 Å². The van der Waals surface area contributed by atoms with Gasteiger partial charge in [0.05, 0.1) is 21.0 Å². The third-order valence-corrected chi connectivity index (χ3v) is 7.64. The highest BCUT2D eigenvalue weighted by atomic mass is 35.5. The number of carbonyl (C=O) groups excluding carboxylic acids is 1. The lowest BCUT2D eigenvalue weighted by Crippen LogP contribution is -2.24. The van der Waals surface area contributed by atoms with E-state index in [0.29, 0.717) is 16.4 Å². The average Bonchev–Trinajstić information content (AvgIpc) is 2.78. The number of anilines is 1. The zero-order valence-corrected chi connectivity index (χ0v) is 20.4. The molecule has 0 radical (unpaired) electrons. The van der Waals surface area contributed by atoms with E-state index in [1.807, 2.05) is 6.92 Å². The largest absolute Gasteiger partial charge is 0.323 e. The van der Waals surface area contributed by atoms with Crippen LogP contribution < -0.4 is 10.7 Å².